The van der Waals surface area contributed by atoms with Gasteiger partial charge in [-0.2, -0.15) is 0 Å². The third-order valence-corrected chi connectivity index (χ3v) is 4.07. The van der Waals surface area contributed by atoms with Crippen LogP contribution >= 0.6 is 0 Å². The van der Waals surface area contributed by atoms with Crippen LogP contribution in [0.25, 0.3) is 0 Å². The Morgan fingerprint density at radius 2 is 1.62 bits per heavy atom. The van der Waals surface area contributed by atoms with Crippen molar-refractivity contribution >= 4 is 23.4 Å². The number of urea groups is 1. The number of aryl methyl sites for hydroxylation is 3. The molecule has 0 saturated heterocycles. The largest absolute Gasteiger partial charge is 0.478 e. The highest BCUT2D eigenvalue weighted by atomic mass is 16.5. The number of benzene rings is 2. The number of primary amides is 1. The molecule has 0 radical (unpaired) electrons. The summed E-state index contributed by atoms with van der Waals surface area (Å²) in [5.74, 6) is -0.848. The van der Waals surface area contributed by atoms with Gasteiger partial charge in [0.1, 0.15) is 5.75 Å². The van der Waals surface area contributed by atoms with E-state index in [1.807, 2.05) is 32.9 Å². The fourth-order valence-corrected chi connectivity index (χ4v) is 2.92. The average Bonchev–Trinajstić information content (AvgIpc) is 2.50. The number of nitrogens with two attached hydrogens (primary N) is 1. The summed E-state index contributed by atoms with van der Waals surface area (Å²) < 4.78 is 5.70. The molecule has 6 heteroatoms. The lowest BCUT2D eigenvalue weighted by molar-refractivity contribution is -0.152. The summed E-state index contributed by atoms with van der Waals surface area (Å²) in [7, 11) is 0. The second-order valence-corrected chi connectivity index (χ2v) is 6.81. The molecule has 0 unspecified atom stereocenters. The zero-order chi connectivity index (χ0) is 19.6. The summed E-state index contributed by atoms with van der Waals surface area (Å²) in [5.41, 5.74) is 8.11. The number of aliphatic carboxylic acids is 1. The van der Waals surface area contributed by atoms with E-state index in [0.29, 0.717) is 11.4 Å². The maximum atomic E-state index is 12.3. The number of carbonyl (C=O) groups is 2. The summed E-state index contributed by atoms with van der Waals surface area (Å²) in [5, 5.41) is 9.35. The Balaban J connectivity index is 2.64. The molecule has 0 bridgehead atoms. The summed E-state index contributed by atoms with van der Waals surface area (Å²) in [6, 6.07) is 10.00. The van der Waals surface area contributed by atoms with E-state index in [1.165, 1.54) is 18.7 Å². The van der Waals surface area contributed by atoms with E-state index in [0.717, 1.165) is 16.7 Å². The quantitative estimate of drug-likeness (QED) is 0.844. The van der Waals surface area contributed by atoms with Crippen LogP contribution in [0.1, 0.15) is 30.5 Å². The number of hydrogen-bond donors (Lipinski definition) is 2. The Labute approximate surface area is 153 Å². The lowest BCUT2D eigenvalue weighted by Crippen LogP contribution is -2.39. The molecule has 0 aliphatic rings. The van der Waals surface area contributed by atoms with Crippen LogP contribution in [0.5, 0.6) is 5.75 Å². The van der Waals surface area contributed by atoms with Crippen molar-refractivity contribution in [3.63, 3.8) is 0 Å². The maximum absolute atomic E-state index is 12.3. The van der Waals surface area contributed by atoms with Crippen molar-refractivity contribution in [2.24, 2.45) is 5.73 Å². The van der Waals surface area contributed by atoms with Crippen LogP contribution in [0.3, 0.4) is 0 Å². The minimum absolute atomic E-state index is 0.262. The highest BCUT2D eigenvalue weighted by Gasteiger charge is 2.32. The van der Waals surface area contributed by atoms with E-state index >= 15 is 0 Å². The fourth-order valence-electron chi connectivity index (χ4n) is 2.92. The molecule has 2 aromatic carbocycles. The summed E-state index contributed by atoms with van der Waals surface area (Å²) in [6.45, 7) is 8.67. The van der Waals surface area contributed by atoms with Gasteiger partial charge in [-0.3, -0.25) is 4.90 Å². The van der Waals surface area contributed by atoms with Crippen LogP contribution in [0.15, 0.2) is 36.4 Å². The Hall–Kier alpha value is -3.02. The number of carbonyl (C=O) groups excluding carboxylic acids is 1. The topological polar surface area (TPSA) is 92.9 Å². The second kappa shape index (κ2) is 7.07. The standard InChI is InChI=1S/C20H24N2O4/c1-12-10-13(2)17(14(3)11-12)22(19(21)25)15-8-6-7-9-16(15)26-20(4,5)18(23)24/h6-11H,1-5H3,(H2,21,25)(H,23,24). The van der Waals surface area contributed by atoms with Crippen LogP contribution < -0.4 is 15.4 Å². The number of carboxylic acid groups (broad SMARTS) is 1. The van der Waals surface area contributed by atoms with Crippen LogP contribution in [-0.2, 0) is 4.79 Å². The van der Waals surface area contributed by atoms with Crippen LogP contribution in [0.4, 0.5) is 16.2 Å². The van der Waals surface area contributed by atoms with Gasteiger partial charge in [0.2, 0.25) is 0 Å². The number of rotatable bonds is 5. The highest BCUT2D eigenvalue weighted by molar-refractivity contribution is 6.01. The summed E-state index contributed by atoms with van der Waals surface area (Å²) in [4.78, 5) is 25.1. The van der Waals surface area contributed by atoms with Gasteiger partial charge in [0.05, 0.1) is 11.4 Å². The highest BCUT2D eigenvalue weighted by Crippen LogP contribution is 2.38. The molecule has 26 heavy (non-hydrogen) atoms. The molecule has 0 atom stereocenters. The van der Waals surface area contributed by atoms with E-state index in [-0.39, 0.29) is 5.75 Å². The van der Waals surface area contributed by atoms with Crippen LogP contribution in [0.2, 0.25) is 0 Å². The van der Waals surface area contributed by atoms with Gasteiger partial charge in [0.15, 0.2) is 5.60 Å². The molecule has 0 aliphatic carbocycles. The molecule has 0 saturated carbocycles. The van der Waals surface area contributed by atoms with Crippen molar-refractivity contribution in [2.75, 3.05) is 4.90 Å². The molecule has 2 aromatic rings. The lowest BCUT2D eigenvalue weighted by atomic mass is 10.0. The smallest absolute Gasteiger partial charge is 0.347 e. The Morgan fingerprint density at radius 1 is 1.08 bits per heavy atom. The maximum Gasteiger partial charge on any atom is 0.347 e. The second-order valence-electron chi connectivity index (χ2n) is 6.81. The normalized spacial score (nSPS) is 11.1. The Kier molecular flexibility index (Phi) is 5.25. The summed E-state index contributed by atoms with van der Waals surface area (Å²) in [6.07, 6.45) is 0. The average molecular weight is 356 g/mol. The monoisotopic (exact) mass is 356 g/mol. The third-order valence-electron chi connectivity index (χ3n) is 4.07. The van der Waals surface area contributed by atoms with Gasteiger partial charge in [-0.25, -0.2) is 9.59 Å². The van der Waals surface area contributed by atoms with E-state index in [1.54, 1.807) is 24.3 Å². The number of para-hydroxylation sites is 2. The van der Waals surface area contributed by atoms with Gasteiger partial charge in [-0.05, 0) is 57.9 Å². The van der Waals surface area contributed by atoms with Crippen LogP contribution in [0, 0.1) is 20.8 Å². The number of carboxylic acids is 1. The molecule has 6 nitrogen and oxygen atoms in total. The van der Waals surface area contributed by atoms with Gasteiger partial charge < -0.3 is 15.6 Å². The van der Waals surface area contributed by atoms with Gasteiger partial charge in [-0.15, -0.1) is 0 Å². The number of ether oxygens (including phenoxy) is 1. The first kappa shape index (κ1) is 19.3. The molecule has 2 amide bonds. The molecule has 0 fully saturated rings. The van der Waals surface area contributed by atoms with Gasteiger partial charge >= 0.3 is 12.0 Å². The van der Waals surface area contributed by atoms with E-state index in [2.05, 4.69) is 0 Å². The molecule has 2 rings (SSSR count). The van der Waals surface area contributed by atoms with E-state index in [4.69, 9.17) is 10.5 Å². The van der Waals surface area contributed by atoms with Crippen molar-refractivity contribution in [2.45, 2.75) is 40.2 Å². The van der Waals surface area contributed by atoms with Crippen molar-refractivity contribution in [1.29, 1.82) is 0 Å². The third kappa shape index (κ3) is 3.79. The van der Waals surface area contributed by atoms with Crippen molar-refractivity contribution in [1.82, 2.24) is 0 Å². The van der Waals surface area contributed by atoms with E-state index in [9.17, 15) is 14.7 Å². The first-order chi connectivity index (χ1) is 12.0. The minimum atomic E-state index is -1.46. The Bertz CT molecular complexity index is 836. The zero-order valence-corrected chi connectivity index (χ0v) is 15.7. The SMILES string of the molecule is Cc1cc(C)c(N(C(N)=O)c2ccccc2OC(C)(C)C(=O)O)c(C)c1. The molecule has 0 spiro atoms. The van der Waals surface area contributed by atoms with Crippen molar-refractivity contribution in [3.8, 4) is 5.75 Å². The number of nitrogens with zero attached hydrogens (tertiary/aromatic N) is 1. The predicted octanol–water partition coefficient (Wildman–Crippen LogP) is 4.07. The molecule has 0 aliphatic heterocycles. The molecule has 0 aromatic heterocycles. The fraction of sp³-hybridized carbons (Fsp3) is 0.300. The Morgan fingerprint density at radius 3 is 2.12 bits per heavy atom. The molecular formula is C20H24N2O4. The van der Waals surface area contributed by atoms with Gasteiger partial charge in [0, 0.05) is 0 Å². The minimum Gasteiger partial charge on any atom is -0.478 e. The summed E-state index contributed by atoms with van der Waals surface area (Å²) >= 11 is 0. The first-order valence-corrected chi connectivity index (χ1v) is 8.23. The lowest BCUT2D eigenvalue weighted by Gasteiger charge is -2.29. The molecular weight excluding hydrogens is 332 g/mol. The van der Waals surface area contributed by atoms with E-state index < -0.39 is 17.6 Å². The zero-order valence-electron chi connectivity index (χ0n) is 15.7. The number of amides is 2. The van der Waals surface area contributed by atoms with Crippen molar-refractivity contribution < 1.29 is 19.4 Å². The number of anilines is 2. The van der Waals surface area contributed by atoms with Crippen LogP contribution in [-0.4, -0.2) is 22.7 Å². The van der Waals surface area contributed by atoms with Gasteiger partial charge in [-0.1, -0.05) is 29.8 Å². The molecule has 0 heterocycles. The first-order valence-electron chi connectivity index (χ1n) is 8.23. The number of hydrogen-bond acceptors (Lipinski definition) is 3. The molecule has 138 valence electrons. The molecule has 3 N–H and O–H groups in total. The van der Waals surface area contributed by atoms with Crippen molar-refractivity contribution in [3.05, 3.63) is 53.1 Å². The predicted molar refractivity (Wildman–Crippen MR) is 101 cm³/mol. The van der Waals surface area contributed by atoms with Gasteiger partial charge in [0.25, 0.3) is 0 Å².